The van der Waals surface area contributed by atoms with E-state index in [4.69, 9.17) is 15.2 Å². The lowest BCUT2D eigenvalue weighted by atomic mass is 10.1. The third-order valence-electron chi connectivity index (χ3n) is 2.56. The monoisotopic (exact) mass is 305 g/mol. The van der Waals surface area contributed by atoms with Crippen molar-refractivity contribution in [3.05, 3.63) is 35.9 Å². The van der Waals surface area contributed by atoms with Gasteiger partial charge >= 0.3 is 6.03 Å². The summed E-state index contributed by atoms with van der Waals surface area (Å²) in [7, 11) is 0. The van der Waals surface area contributed by atoms with Crippen LogP contribution in [0.4, 0.5) is 4.79 Å². The predicted octanol–water partition coefficient (Wildman–Crippen LogP) is 2.60. The Labute approximate surface area is 131 Å². The number of rotatable bonds is 8. The van der Waals surface area contributed by atoms with Crippen molar-refractivity contribution in [1.82, 2.24) is 5.43 Å². The Balaban J connectivity index is 3.22. The molecule has 1 rings (SSSR count). The molecule has 6 heteroatoms. The summed E-state index contributed by atoms with van der Waals surface area (Å²) in [5.41, 5.74) is 8.84. The number of urea groups is 1. The molecular weight excluding hydrogens is 282 g/mol. The number of hydrazone groups is 1. The summed E-state index contributed by atoms with van der Waals surface area (Å²) in [6.45, 7) is 10.1. The Morgan fingerprint density at radius 3 is 2.77 bits per heavy atom. The van der Waals surface area contributed by atoms with E-state index in [-0.39, 0.29) is 6.10 Å². The van der Waals surface area contributed by atoms with Crippen LogP contribution in [0.3, 0.4) is 0 Å². The molecule has 0 radical (unpaired) electrons. The lowest BCUT2D eigenvalue weighted by Gasteiger charge is -2.18. The maximum atomic E-state index is 10.6. The van der Waals surface area contributed by atoms with Crippen molar-refractivity contribution < 1.29 is 14.3 Å². The van der Waals surface area contributed by atoms with Crippen LogP contribution in [0.2, 0.25) is 0 Å². The first-order valence-corrected chi connectivity index (χ1v) is 7.13. The van der Waals surface area contributed by atoms with Gasteiger partial charge in [0.05, 0.1) is 18.9 Å². The molecule has 1 aromatic carbocycles. The number of amides is 2. The maximum Gasteiger partial charge on any atom is 0.332 e. The van der Waals surface area contributed by atoms with Gasteiger partial charge in [0, 0.05) is 5.56 Å². The van der Waals surface area contributed by atoms with Crippen LogP contribution in [-0.4, -0.2) is 25.0 Å². The van der Waals surface area contributed by atoms with E-state index >= 15 is 0 Å². The molecule has 2 amide bonds. The molecule has 0 bridgehead atoms. The molecule has 0 aromatic heterocycles. The van der Waals surface area contributed by atoms with Crippen LogP contribution in [0.25, 0.3) is 0 Å². The van der Waals surface area contributed by atoms with Crippen molar-refractivity contribution in [3.63, 3.8) is 0 Å². The van der Waals surface area contributed by atoms with E-state index < -0.39 is 6.03 Å². The van der Waals surface area contributed by atoms with Crippen LogP contribution in [0, 0.1) is 0 Å². The fourth-order valence-corrected chi connectivity index (χ4v) is 1.87. The van der Waals surface area contributed by atoms with Crippen molar-refractivity contribution in [2.75, 3.05) is 6.61 Å². The Hall–Kier alpha value is -2.50. The summed E-state index contributed by atoms with van der Waals surface area (Å²) in [5, 5.41) is 3.76. The average molecular weight is 305 g/mol. The number of primary amides is 1. The van der Waals surface area contributed by atoms with E-state index in [9.17, 15) is 4.79 Å². The van der Waals surface area contributed by atoms with Crippen LogP contribution >= 0.6 is 0 Å². The second-order valence-electron chi connectivity index (χ2n) is 4.83. The van der Waals surface area contributed by atoms with Crippen LogP contribution in [0.1, 0.15) is 31.9 Å². The van der Waals surface area contributed by atoms with E-state index in [0.29, 0.717) is 24.5 Å². The van der Waals surface area contributed by atoms with Crippen molar-refractivity contribution in [1.29, 1.82) is 0 Å². The minimum absolute atomic E-state index is 0.0267. The molecule has 0 aliphatic carbocycles. The van der Waals surface area contributed by atoms with E-state index in [0.717, 1.165) is 11.1 Å². The van der Waals surface area contributed by atoms with Crippen molar-refractivity contribution in [2.45, 2.75) is 33.3 Å². The zero-order valence-corrected chi connectivity index (χ0v) is 13.3. The molecule has 0 unspecified atom stereocenters. The molecule has 22 heavy (non-hydrogen) atoms. The molecule has 120 valence electrons. The van der Waals surface area contributed by atoms with Gasteiger partial charge in [0.15, 0.2) is 11.5 Å². The molecular formula is C16H23N3O3. The quantitative estimate of drug-likeness (QED) is 0.440. The predicted molar refractivity (Wildman–Crippen MR) is 87.6 cm³/mol. The number of carbonyl (C=O) groups is 1. The molecule has 0 aliphatic heterocycles. The standard InChI is InChI=1S/C16H23N3O3/c1-5-7-13-8-12(10-18-19-16(17)20)9-14(21-6-2)15(13)22-11(3)4/h5,8-11H,1,6-7H2,2-4H3,(H3,17,19,20). The molecule has 0 heterocycles. The van der Waals surface area contributed by atoms with E-state index in [1.165, 1.54) is 6.21 Å². The summed E-state index contributed by atoms with van der Waals surface area (Å²) in [6, 6.07) is 3.00. The van der Waals surface area contributed by atoms with E-state index in [1.54, 1.807) is 12.1 Å². The second-order valence-corrected chi connectivity index (χ2v) is 4.83. The topological polar surface area (TPSA) is 85.9 Å². The Morgan fingerprint density at radius 1 is 1.50 bits per heavy atom. The van der Waals surface area contributed by atoms with Gasteiger partial charge in [-0.25, -0.2) is 10.2 Å². The summed E-state index contributed by atoms with van der Waals surface area (Å²) >= 11 is 0. The number of carbonyl (C=O) groups excluding carboxylic acids is 1. The minimum atomic E-state index is -0.715. The third-order valence-corrected chi connectivity index (χ3v) is 2.56. The minimum Gasteiger partial charge on any atom is -0.490 e. The fraction of sp³-hybridized carbons (Fsp3) is 0.375. The first kappa shape index (κ1) is 17.6. The highest BCUT2D eigenvalue weighted by Gasteiger charge is 2.14. The number of allylic oxidation sites excluding steroid dienone is 1. The normalized spacial score (nSPS) is 10.7. The lowest BCUT2D eigenvalue weighted by Crippen LogP contribution is -2.24. The highest BCUT2D eigenvalue weighted by atomic mass is 16.5. The number of hydrogen-bond donors (Lipinski definition) is 2. The van der Waals surface area contributed by atoms with Crippen molar-refractivity contribution in [2.24, 2.45) is 10.8 Å². The van der Waals surface area contributed by atoms with Crippen LogP contribution in [0.5, 0.6) is 11.5 Å². The number of nitrogens with two attached hydrogens (primary N) is 1. The van der Waals surface area contributed by atoms with Gasteiger partial charge in [-0.2, -0.15) is 5.10 Å². The molecule has 0 saturated heterocycles. The number of ether oxygens (including phenoxy) is 2. The smallest absolute Gasteiger partial charge is 0.332 e. The van der Waals surface area contributed by atoms with Crippen LogP contribution in [0.15, 0.2) is 29.9 Å². The summed E-state index contributed by atoms with van der Waals surface area (Å²) in [4.78, 5) is 10.6. The van der Waals surface area contributed by atoms with Gasteiger partial charge in [0.25, 0.3) is 0 Å². The Kier molecular flexibility index (Phi) is 6.95. The molecule has 0 atom stereocenters. The van der Waals surface area contributed by atoms with Gasteiger partial charge < -0.3 is 15.2 Å². The van der Waals surface area contributed by atoms with E-state index in [2.05, 4.69) is 17.1 Å². The maximum absolute atomic E-state index is 10.6. The van der Waals surface area contributed by atoms with Gasteiger partial charge in [-0.05, 0) is 44.9 Å². The Morgan fingerprint density at radius 2 is 2.23 bits per heavy atom. The third kappa shape index (κ3) is 5.47. The largest absolute Gasteiger partial charge is 0.490 e. The highest BCUT2D eigenvalue weighted by molar-refractivity contribution is 5.83. The number of nitrogens with one attached hydrogen (secondary N) is 1. The summed E-state index contributed by atoms with van der Waals surface area (Å²) in [5.74, 6) is 1.34. The number of nitrogens with zero attached hydrogens (tertiary/aromatic N) is 1. The zero-order valence-electron chi connectivity index (χ0n) is 13.3. The van der Waals surface area contributed by atoms with Gasteiger partial charge in [-0.1, -0.05) is 6.08 Å². The van der Waals surface area contributed by atoms with Gasteiger partial charge in [-0.3, -0.25) is 0 Å². The first-order chi connectivity index (χ1) is 10.5. The van der Waals surface area contributed by atoms with Crippen LogP contribution < -0.4 is 20.6 Å². The van der Waals surface area contributed by atoms with Crippen molar-refractivity contribution >= 4 is 12.2 Å². The highest BCUT2D eigenvalue weighted by Crippen LogP contribution is 2.34. The second kappa shape index (κ2) is 8.71. The molecule has 0 spiro atoms. The number of benzene rings is 1. The molecule has 0 aliphatic rings. The van der Waals surface area contributed by atoms with Gasteiger partial charge in [-0.15, -0.1) is 6.58 Å². The summed E-state index contributed by atoms with van der Waals surface area (Å²) < 4.78 is 11.5. The molecule has 0 saturated carbocycles. The lowest BCUT2D eigenvalue weighted by molar-refractivity contribution is 0.222. The van der Waals surface area contributed by atoms with Crippen LogP contribution in [-0.2, 0) is 6.42 Å². The molecule has 1 aromatic rings. The summed E-state index contributed by atoms with van der Waals surface area (Å²) in [6.07, 6.45) is 3.95. The van der Waals surface area contributed by atoms with Crippen molar-refractivity contribution in [3.8, 4) is 11.5 Å². The molecule has 6 nitrogen and oxygen atoms in total. The van der Waals surface area contributed by atoms with Gasteiger partial charge in [0.2, 0.25) is 0 Å². The molecule has 0 fully saturated rings. The SMILES string of the molecule is C=CCc1cc(C=NNC(N)=O)cc(OCC)c1OC(C)C. The number of hydrogen-bond acceptors (Lipinski definition) is 4. The molecule has 3 N–H and O–H groups in total. The van der Waals surface area contributed by atoms with E-state index in [1.807, 2.05) is 26.8 Å². The average Bonchev–Trinajstić information content (AvgIpc) is 2.42. The Bertz CT molecular complexity index is 554. The zero-order chi connectivity index (χ0) is 16.5. The first-order valence-electron chi connectivity index (χ1n) is 7.13. The van der Waals surface area contributed by atoms with Gasteiger partial charge in [0.1, 0.15) is 0 Å². The fourth-order valence-electron chi connectivity index (χ4n) is 1.87.